The topological polar surface area (TPSA) is 91.2 Å². The Hall–Kier alpha value is -4.56. The van der Waals surface area contributed by atoms with Crippen LogP contribution in [0.15, 0.2) is 94.5 Å². The van der Waals surface area contributed by atoms with Crippen molar-refractivity contribution in [2.24, 2.45) is 14.1 Å². The van der Waals surface area contributed by atoms with Gasteiger partial charge in [-0.15, -0.1) is 12.4 Å². The van der Waals surface area contributed by atoms with Crippen LogP contribution in [0.3, 0.4) is 0 Å². The SMILES string of the molecule is Cc1c(C(c2ccc(C(=O)O)cc2)c2c(C)n(C)n(-c3ccccc3)c2=O)c(=O)n(-c2ccccc2)n1C.Cl. The lowest BCUT2D eigenvalue weighted by atomic mass is 9.85. The lowest BCUT2D eigenvalue weighted by molar-refractivity contribution is 0.0697. The molecule has 2 aromatic heterocycles. The van der Waals surface area contributed by atoms with Crippen molar-refractivity contribution in [3.8, 4) is 11.4 Å². The Bertz CT molecular complexity index is 1660. The number of carboxylic acid groups (broad SMARTS) is 1. The fraction of sp³-hybridized carbons (Fsp3) is 0.167. The van der Waals surface area contributed by atoms with E-state index in [2.05, 4.69) is 0 Å². The monoisotopic (exact) mass is 544 g/mol. The van der Waals surface area contributed by atoms with Gasteiger partial charge >= 0.3 is 5.97 Å². The fourth-order valence-electron chi connectivity index (χ4n) is 5.14. The molecule has 5 rings (SSSR count). The van der Waals surface area contributed by atoms with E-state index >= 15 is 0 Å². The summed E-state index contributed by atoms with van der Waals surface area (Å²) in [6, 6.07) is 25.1. The quantitative estimate of drug-likeness (QED) is 0.339. The predicted molar refractivity (Wildman–Crippen MR) is 153 cm³/mol. The van der Waals surface area contributed by atoms with Crippen molar-refractivity contribution < 1.29 is 9.90 Å². The summed E-state index contributed by atoms with van der Waals surface area (Å²) in [4.78, 5) is 39.7. The number of hydrogen-bond donors (Lipinski definition) is 1. The minimum atomic E-state index is -1.04. The summed E-state index contributed by atoms with van der Waals surface area (Å²) in [6.07, 6.45) is 0. The van der Waals surface area contributed by atoms with Crippen molar-refractivity contribution in [3.05, 3.63) is 139 Å². The minimum Gasteiger partial charge on any atom is -0.478 e. The molecule has 5 aromatic rings. The van der Waals surface area contributed by atoms with Crippen LogP contribution in [0.4, 0.5) is 0 Å². The van der Waals surface area contributed by atoms with Gasteiger partial charge in [0.15, 0.2) is 0 Å². The summed E-state index contributed by atoms with van der Waals surface area (Å²) in [6.45, 7) is 3.73. The van der Waals surface area contributed by atoms with Crippen LogP contribution in [-0.2, 0) is 14.1 Å². The van der Waals surface area contributed by atoms with Gasteiger partial charge in [0.25, 0.3) is 11.1 Å². The number of rotatable bonds is 6. The molecule has 2 heterocycles. The number of aromatic nitrogens is 4. The maximum absolute atomic E-state index is 14.1. The van der Waals surface area contributed by atoms with Crippen LogP contribution in [0.2, 0.25) is 0 Å². The van der Waals surface area contributed by atoms with E-state index in [1.165, 1.54) is 12.1 Å². The molecule has 8 nitrogen and oxygen atoms in total. The lowest BCUT2D eigenvalue weighted by Crippen LogP contribution is -2.26. The summed E-state index contributed by atoms with van der Waals surface area (Å²) in [5, 5.41) is 9.44. The first-order chi connectivity index (χ1) is 18.2. The van der Waals surface area contributed by atoms with Gasteiger partial charge in [-0.2, -0.15) is 0 Å². The van der Waals surface area contributed by atoms with Crippen molar-refractivity contribution in [2.75, 3.05) is 0 Å². The molecule has 0 saturated heterocycles. The lowest BCUT2D eigenvalue weighted by Gasteiger charge is -2.16. The van der Waals surface area contributed by atoms with Crippen molar-refractivity contribution in [1.29, 1.82) is 0 Å². The van der Waals surface area contributed by atoms with Gasteiger partial charge in [-0.3, -0.25) is 19.0 Å². The average molecular weight is 545 g/mol. The molecule has 0 amide bonds. The number of nitrogens with zero attached hydrogens (tertiary/aromatic N) is 4. The second-order valence-corrected chi connectivity index (χ2v) is 9.31. The second kappa shape index (κ2) is 10.7. The van der Waals surface area contributed by atoms with E-state index in [0.29, 0.717) is 39.5 Å². The Morgan fingerprint density at radius 3 is 1.41 bits per heavy atom. The molecular formula is C30H29ClN4O4. The molecule has 0 aliphatic heterocycles. The third-order valence-electron chi connectivity index (χ3n) is 7.27. The maximum Gasteiger partial charge on any atom is 0.335 e. The molecule has 0 unspecified atom stereocenters. The Morgan fingerprint density at radius 2 is 1.05 bits per heavy atom. The second-order valence-electron chi connectivity index (χ2n) is 9.31. The van der Waals surface area contributed by atoms with Gasteiger partial charge < -0.3 is 5.11 Å². The summed E-state index contributed by atoms with van der Waals surface area (Å²) >= 11 is 0. The van der Waals surface area contributed by atoms with Gasteiger partial charge in [0, 0.05) is 31.4 Å². The van der Waals surface area contributed by atoms with Gasteiger partial charge in [-0.05, 0) is 55.8 Å². The van der Waals surface area contributed by atoms with E-state index in [9.17, 15) is 19.5 Å². The molecule has 200 valence electrons. The van der Waals surface area contributed by atoms with Crippen molar-refractivity contribution in [1.82, 2.24) is 18.7 Å². The van der Waals surface area contributed by atoms with Crippen LogP contribution in [0.5, 0.6) is 0 Å². The Kier molecular flexibility index (Phi) is 7.51. The van der Waals surface area contributed by atoms with Crippen LogP contribution >= 0.6 is 12.4 Å². The first-order valence-corrected chi connectivity index (χ1v) is 12.2. The number of halogens is 1. The Labute approximate surface area is 231 Å². The molecule has 0 atom stereocenters. The maximum atomic E-state index is 14.1. The highest BCUT2D eigenvalue weighted by Crippen LogP contribution is 2.33. The molecule has 0 radical (unpaired) electrons. The van der Waals surface area contributed by atoms with E-state index < -0.39 is 11.9 Å². The fourth-order valence-corrected chi connectivity index (χ4v) is 5.14. The normalized spacial score (nSPS) is 11.0. The number of para-hydroxylation sites is 2. The summed E-state index contributed by atoms with van der Waals surface area (Å²) < 4.78 is 6.77. The van der Waals surface area contributed by atoms with Crippen LogP contribution in [0.25, 0.3) is 11.4 Å². The van der Waals surface area contributed by atoms with E-state index in [0.717, 1.165) is 0 Å². The molecule has 0 spiro atoms. The Morgan fingerprint density at radius 1 is 0.667 bits per heavy atom. The van der Waals surface area contributed by atoms with Gasteiger partial charge in [-0.1, -0.05) is 48.5 Å². The number of aromatic carboxylic acids is 1. The molecule has 3 aromatic carbocycles. The van der Waals surface area contributed by atoms with Crippen molar-refractivity contribution in [3.63, 3.8) is 0 Å². The minimum absolute atomic E-state index is 0. The molecule has 1 N–H and O–H groups in total. The van der Waals surface area contributed by atoms with E-state index in [1.54, 1.807) is 30.9 Å². The largest absolute Gasteiger partial charge is 0.478 e. The number of carbonyl (C=O) groups is 1. The van der Waals surface area contributed by atoms with Crippen LogP contribution in [0, 0.1) is 13.8 Å². The summed E-state index contributed by atoms with van der Waals surface area (Å²) in [7, 11) is 3.63. The highest BCUT2D eigenvalue weighted by molar-refractivity contribution is 5.87. The van der Waals surface area contributed by atoms with Crippen molar-refractivity contribution in [2.45, 2.75) is 19.8 Å². The average Bonchev–Trinajstić information content (AvgIpc) is 3.28. The van der Waals surface area contributed by atoms with Crippen LogP contribution in [-0.4, -0.2) is 29.8 Å². The molecule has 0 aliphatic carbocycles. The zero-order valence-corrected chi connectivity index (χ0v) is 22.8. The molecule has 39 heavy (non-hydrogen) atoms. The zero-order valence-electron chi connectivity index (χ0n) is 22.0. The smallest absolute Gasteiger partial charge is 0.335 e. The molecule has 0 saturated carbocycles. The third-order valence-corrected chi connectivity index (χ3v) is 7.27. The van der Waals surface area contributed by atoms with Crippen LogP contribution < -0.4 is 11.1 Å². The van der Waals surface area contributed by atoms with E-state index in [4.69, 9.17) is 0 Å². The summed E-state index contributed by atoms with van der Waals surface area (Å²) in [5.74, 6) is -1.76. The standard InChI is InChI=1S/C30H28N4O4.ClH/c1-19-25(28(35)33(31(19)3)23-11-7-5-8-12-23)27(21-15-17-22(18-16-21)30(37)38)26-20(2)32(4)34(29(26)36)24-13-9-6-10-14-24;/h5-18,27H,1-4H3,(H,37,38);1H. The van der Waals surface area contributed by atoms with Gasteiger partial charge in [0.2, 0.25) is 0 Å². The van der Waals surface area contributed by atoms with E-state index in [-0.39, 0.29) is 29.1 Å². The van der Waals surface area contributed by atoms with Gasteiger partial charge in [0.1, 0.15) is 0 Å². The van der Waals surface area contributed by atoms with Gasteiger partial charge in [-0.25, -0.2) is 14.2 Å². The molecule has 0 fully saturated rings. The first kappa shape index (κ1) is 27.5. The van der Waals surface area contributed by atoms with E-state index in [1.807, 2.05) is 88.6 Å². The third kappa shape index (κ3) is 4.53. The molecule has 0 aliphatic rings. The van der Waals surface area contributed by atoms with Crippen molar-refractivity contribution >= 4 is 18.4 Å². The zero-order chi connectivity index (χ0) is 27.1. The number of benzene rings is 3. The number of carboxylic acids is 1. The number of hydrogen-bond acceptors (Lipinski definition) is 3. The molecular weight excluding hydrogens is 516 g/mol. The Balaban J connectivity index is 0.00000353. The van der Waals surface area contributed by atoms with Crippen LogP contribution in [0.1, 0.15) is 44.4 Å². The highest BCUT2D eigenvalue weighted by atomic mass is 35.5. The first-order valence-electron chi connectivity index (χ1n) is 12.2. The predicted octanol–water partition coefficient (Wildman–Crippen LogP) is 4.58. The highest BCUT2D eigenvalue weighted by Gasteiger charge is 2.32. The molecule has 9 heteroatoms. The van der Waals surface area contributed by atoms with Gasteiger partial charge in [0.05, 0.1) is 28.1 Å². The molecule has 0 bridgehead atoms. The summed E-state index contributed by atoms with van der Waals surface area (Å²) in [5.41, 5.74) is 4.07.